The number of unbranched alkanes of at least 4 members (excludes halogenated alkanes) is 1. The predicted octanol–water partition coefficient (Wildman–Crippen LogP) is 3.49. The van der Waals surface area contributed by atoms with E-state index in [0.717, 1.165) is 4.31 Å². The maximum absolute atomic E-state index is 13.1. The number of para-hydroxylation sites is 1. The third-order valence-electron chi connectivity index (χ3n) is 4.08. The highest BCUT2D eigenvalue weighted by atomic mass is 35.5. The molecule has 3 rings (SSSR count). The molecule has 0 atom stereocenters. The van der Waals surface area contributed by atoms with Gasteiger partial charge in [0.05, 0.1) is 11.3 Å². The van der Waals surface area contributed by atoms with Crippen molar-refractivity contribution in [1.82, 2.24) is 4.31 Å². The lowest BCUT2D eigenvalue weighted by atomic mass is 10.1. The number of amides is 2. The molecule has 0 aliphatic carbocycles. The molecular weight excluding hydrogens is 376 g/mol. The molecule has 136 valence electrons. The Morgan fingerprint density at radius 2 is 1.73 bits per heavy atom. The van der Waals surface area contributed by atoms with Crippen LogP contribution in [-0.4, -0.2) is 31.1 Å². The van der Waals surface area contributed by atoms with E-state index in [2.05, 4.69) is 0 Å². The number of hydrogen-bond donors (Lipinski definition) is 0. The first-order valence-electron chi connectivity index (χ1n) is 8.14. The molecule has 6 nitrogen and oxygen atoms in total. The fourth-order valence-corrected chi connectivity index (χ4v) is 4.45. The van der Waals surface area contributed by atoms with E-state index in [1.54, 1.807) is 12.1 Å². The van der Waals surface area contributed by atoms with Gasteiger partial charge in [-0.25, -0.2) is 4.31 Å². The van der Waals surface area contributed by atoms with Crippen molar-refractivity contribution in [2.75, 3.05) is 10.8 Å². The van der Waals surface area contributed by atoms with Crippen LogP contribution in [0.25, 0.3) is 0 Å². The summed E-state index contributed by atoms with van der Waals surface area (Å²) in [5.74, 6) is -1.35. The first-order chi connectivity index (χ1) is 12.4. The number of fused-ring (bicyclic) bond motifs is 1. The van der Waals surface area contributed by atoms with Crippen molar-refractivity contribution in [3.8, 4) is 0 Å². The van der Waals surface area contributed by atoms with E-state index in [1.807, 2.05) is 6.92 Å². The van der Waals surface area contributed by atoms with E-state index in [-0.39, 0.29) is 23.4 Å². The third kappa shape index (κ3) is 3.08. The summed E-state index contributed by atoms with van der Waals surface area (Å²) in [6.07, 6.45) is 1.22. The lowest BCUT2D eigenvalue weighted by Gasteiger charge is -2.35. The summed E-state index contributed by atoms with van der Waals surface area (Å²) in [6.45, 7) is 1.92. The van der Waals surface area contributed by atoms with E-state index in [9.17, 15) is 18.0 Å². The number of carbonyl (C=O) groups is 2. The molecule has 2 amide bonds. The van der Waals surface area contributed by atoms with Crippen molar-refractivity contribution >= 4 is 39.3 Å². The highest BCUT2D eigenvalue weighted by Crippen LogP contribution is 2.33. The van der Waals surface area contributed by atoms with Gasteiger partial charge in [0.15, 0.2) is 0 Å². The Balaban J connectivity index is 2.15. The standard InChI is InChI=1S/C18H17ClN2O4S/c1-2-3-12-20-18(23)15-6-4-5-7-16(15)21(26(20,24)25)17(22)13-8-10-14(19)11-9-13/h4-11H,2-3,12H2,1H3. The molecule has 0 N–H and O–H groups in total. The number of benzene rings is 2. The smallest absolute Gasteiger partial charge is 0.268 e. The fraction of sp³-hybridized carbons (Fsp3) is 0.222. The van der Waals surface area contributed by atoms with Gasteiger partial charge in [-0.05, 0) is 42.8 Å². The van der Waals surface area contributed by atoms with Crippen molar-refractivity contribution in [2.24, 2.45) is 0 Å². The summed E-state index contributed by atoms with van der Waals surface area (Å²) in [6, 6.07) is 12.1. The zero-order valence-electron chi connectivity index (χ0n) is 14.1. The largest absolute Gasteiger partial charge is 0.335 e. The second-order valence-corrected chi connectivity index (χ2v) is 7.97. The monoisotopic (exact) mass is 392 g/mol. The van der Waals surface area contributed by atoms with Crippen LogP contribution >= 0.6 is 11.6 Å². The summed E-state index contributed by atoms with van der Waals surface area (Å²) < 4.78 is 27.6. The number of anilines is 1. The van der Waals surface area contributed by atoms with Crippen LogP contribution in [0.3, 0.4) is 0 Å². The lowest BCUT2D eigenvalue weighted by molar-refractivity contribution is 0.0854. The Hall–Kier alpha value is -2.38. The third-order valence-corrected chi connectivity index (χ3v) is 6.06. The van der Waals surface area contributed by atoms with Crippen molar-refractivity contribution in [2.45, 2.75) is 19.8 Å². The van der Waals surface area contributed by atoms with Crippen molar-refractivity contribution in [3.63, 3.8) is 0 Å². The van der Waals surface area contributed by atoms with Gasteiger partial charge in [0.1, 0.15) is 0 Å². The van der Waals surface area contributed by atoms with Crippen LogP contribution in [0.15, 0.2) is 48.5 Å². The Morgan fingerprint density at radius 1 is 1.08 bits per heavy atom. The molecule has 8 heteroatoms. The van der Waals surface area contributed by atoms with Crippen LogP contribution in [0.5, 0.6) is 0 Å². The van der Waals surface area contributed by atoms with Crippen LogP contribution in [0.1, 0.15) is 40.5 Å². The number of carbonyl (C=O) groups excluding carboxylic acids is 2. The molecule has 1 aliphatic heterocycles. The molecule has 26 heavy (non-hydrogen) atoms. The molecule has 2 aromatic rings. The summed E-state index contributed by atoms with van der Waals surface area (Å²) >= 11 is 5.84. The van der Waals surface area contributed by atoms with Crippen LogP contribution < -0.4 is 4.31 Å². The zero-order valence-corrected chi connectivity index (χ0v) is 15.6. The fourth-order valence-electron chi connectivity index (χ4n) is 2.74. The van der Waals surface area contributed by atoms with Gasteiger partial charge in [-0.15, -0.1) is 0 Å². The molecule has 0 bridgehead atoms. The van der Waals surface area contributed by atoms with E-state index >= 15 is 0 Å². The average molecular weight is 393 g/mol. The maximum Gasteiger partial charge on any atom is 0.335 e. The molecule has 0 fully saturated rings. The normalized spacial score (nSPS) is 15.7. The van der Waals surface area contributed by atoms with Crippen molar-refractivity contribution in [3.05, 3.63) is 64.7 Å². The molecule has 0 saturated heterocycles. The molecule has 1 heterocycles. The molecule has 0 saturated carbocycles. The molecule has 2 aromatic carbocycles. The van der Waals surface area contributed by atoms with Gasteiger partial charge in [-0.1, -0.05) is 37.1 Å². The molecule has 0 unspecified atom stereocenters. The Morgan fingerprint density at radius 3 is 2.38 bits per heavy atom. The molecular formula is C18H17ClN2O4S. The van der Waals surface area contributed by atoms with Crippen LogP contribution in [0.2, 0.25) is 5.02 Å². The first kappa shape index (κ1) is 18.4. The number of hydrogen-bond acceptors (Lipinski definition) is 4. The number of nitrogens with zero attached hydrogens (tertiary/aromatic N) is 2. The van der Waals surface area contributed by atoms with E-state index in [4.69, 9.17) is 11.6 Å². The quantitative estimate of drug-likeness (QED) is 0.798. The van der Waals surface area contributed by atoms with Gasteiger partial charge in [0, 0.05) is 17.1 Å². The molecule has 0 radical (unpaired) electrons. The SMILES string of the molecule is CCCCN1C(=O)c2ccccc2N(C(=O)c2ccc(Cl)cc2)S1(=O)=O. The Kier molecular flexibility index (Phi) is 5.02. The summed E-state index contributed by atoms with van der Waals surface area (Å²) in [4.78, 5) is 25.7. The highest BCUT2D eigenvalue weighted by molar-refractivity contribution is 7.92. The van der Waals surface area contributed by atoms with Gasteiger partial charge < -0.3 is 0 Å². The predicted molar refractivity (Wildman–Crippen MR) is 99.6 cm³/mol. The minimum Gasteiger partial charge on any atom is -0.268 e. The van der Waals surface area contributed by atoms with Gasteiger partial charge in [-0.3, -0.25) is 9.59 Å². The summed E-state index contributed by atoms with van der Waals surface area (Å²) in [5, 5.41) is 0.434. The zero-order chi connectivity index (χ0) is 18.9. The molecule has 0 aromatic heterocycles. The minimum atomic E-state index is -4.32. The Bertz CT molecular complexity index is 957. The van der Waals surface area contributed by atoms with E-state index in [1.165, 1.54) is 36.4 Å². The van der Waals surface area contributed by atoms with E-state index in [0.29, 0.717) is 22.2 Å². The molecule has 0 spiro atoms. The highest BCUT2D eigenvalue weighted by Gasteiger charge is 2.44. The van der Waals surface area contributed by atoms with Gasteiger partial charge in [0.2, 0.25) is 0 Å². The molecule has 1 aliphatic rings. The second-order valence-electron chi connectivity index (χ2n) is 5.83. The minimum absolute atomic E-state index is 0.0242. The topological polar surface area (TPSA) is 74.8 Å². The van der Waals surface area contributed by atoms with Crippen molar-refractivity contribution < 1.29 is 18.0 Å². The van der Waals surface area contributed by atoms with Crippen LogP contribution in [0, 0.1) is 0 Å². The average Bonchev–Trinajstić information content (AvgIpc) is 2.62. The van der Waals surface area contributed by atoms with Crippen molar-refractivity contribution in [1.29, 1.82) is 0 Å². The number of halogens is 1. The number of rotatable bonds is 4. The van der Waals surface area contributed by atoms with E-state index < -0.39 is 22.0 Å². The summed E-state index contributed by atoms with van der Waals surface area (Å²) in [5.41, 5.74) is 0.406. The summed E-state index contributed by atoms with van der Waals surface area (Å²) in [7, 11) is -4.32. The maximum atomic E-state index is 13.1. The van der Waals surface area contributed by atoms with Gasteiger partial charge in [-0.2, -0.15) is 12.7 Å². The van der Waals surface area contributed by atoms with Gasteiger partial charge in [0.25, 0.3) is 11.8 Å². The second kappa shape index (κ2) is 7.09. The van der Waals surface area contributed by atoms with Gasteiger partial charge >= 0.3 is 10.2 Å². The lowest BCUT2D eigenvalue weighted by Crippen LogP contribution is -2.53. The first-order valence-corrected chi connectivity index (χ1v) is 9.91. The van der Waals surface area contributed by atoms with Crippen LogP contribution in [-0.2, 0) is 10.2 Å². The Labute approximate surface area is 157 Å². The van der Waals surface area contributed by atoms with Crippen LogP contribution in [0.4, 0.5) is 5.69 Å².